The molecule has 1 heterocycles. The zero-order chi connectivity index (χ0) is 22.4. The maximum absolute atomic E-state index is 15.6. The second-order valence-electron chi connectivity index (χ2n) is 7.64. The number of hydrogen-bond donors (Lipinski definition) is 5. The third-order valence-electron chi connectivity index (χ3n) is 5.56. The minimum Gasteiger partial charge on any atom is -0.396 e. The molecule has 166 valence electrons. The Morgan fingerprint density at radius 3 is 2.61 bits per heavy atom. The van der Waals surface area contributed by atoms with Gasteiger partial charge in [0.2, 0.25) is 10.0 Å². The van der Waals surface area contributed by atoms with Crippen molar-refractivity contribution in [2.75, 3.05) is 22.1 Å². The van der Waals surface area contributed by atoms with Crippen molar-refractivity contribution in [3.63, 3.8) is 0 Å². The molecule has 4 rings (SSSR count). The van der Waals surface area contributed by atoms with Crippen LogP contribution in [0.4, 0.5) is 27.1 Å². The summed E-state index contributed by atoms with van der Waals surface area (Å²) in [7, 11) is -3.88. The second kappa shape index (κ2) is 8.05. The first-order valence-corrected chi connectivity index (χ1v) is 11.8. The Morgan fingerprint density at radius 1 is 1.23 bits per heavy atom. The predicted molar refractivity (Wildman–Crippen MR) is 123 cm³/mol. The molecule has 0 bridgehead atoms. The van der Waals surface area contributed by atoms with E-state index in [2.05, 4.69) is 20.9 Å². The molecule has 7 nitrogen and oxygen atoms in total. The molecule has 2 aromatic carbocycles. The predicted octanol–water partition coefficient (Wildman–Crippen LogP) is 4.82. The maximum Gasteiger partial charge on any atom is 0.238 e. The number of hydrazine groups is 1. The molecule has 11 heteroatoms. The number of allylic oxidation sites excluding steroid dienone is 1. The molecular formula is C20H21Cl2FN4O3S. The number of aliphatic hydroxyl groups excluding tert-OH is 1. The van der Waals surface area contributed by atoms with E-state index in [1.54, 1.807) is 31.3 Å². The number of hydrogen-bond acceptors (Lipinski definition) is 6. The highest BCUT2D eigenvalue weighted by Gasteiger charge is 2.54. The van der Waals surface area contributed by atoms with Crippen LogP contribution in [0.15, 0.2) is 30.5 Å². The van der Waals surface area contributed by atoms with E-state index in [0.717, 1.165) is 5.57 Å². The molecule has 0 saturated heterocycles. The SMILES string of the molecule is CC1=CNNc2c1cc(NS(=O)(=O)C1(CCO)CC1)c(Nc1ccc(Cl)cc1Cl)c2F. The van der Waals surface area contributed by atoms with E-state index >= 15 is 4.39 Å². The molecule has 1 saturated carbocycles. The largest absolute Gasteiger partial charge is 0.396 e. The van der Waals surface area contributed by atoms with Gasteiger partial charge >= 0.3 is 0 Å². The summed E-state index contributed by atoms with van der Waals surface area (Å²) < 4.78 is 43.3. The fourth-order valence-corrected chi connectivity index (χ4v) is 5.68. The van der Waals surface area contributed by atoms with Gasteiger partial charge in [0.05, 0.1) is 26.8 Å². The van der Waals surface area contributed by atoms with E-state index in [0.29, 0.717) is 29.1 Å². The van der Waals surface area contributed by atoms with Crippen molar-refractivity contribution >= 4 is 61.5 Å². The first-order valence-electron chi connectivity index (χ1n) is 9.58. The molecule has 0 radical (unpaired) electrons. The molecule has 0 aromatic heterocycles. The third kappa shape index (κ3) is 4.03. The van der Waals surface area contributed by atoms with E-state index in [4.69, 9.17) is 23.2 Å². The van der Waals surface area contributed by atoms with Crippen LogP contribution in [0.3, 0.4) is 0 Å². The minimum absolute atomic E-state index is 0.0444. The normalized spacial score (nSPS) is 16.5. The van der Waals surface area contributed by atoms with Gasteiger partial charge in [0.25, 0.3) is 0 Å². The standard InChI is InChI=1S/C20H21Cl2FN4O3S/c1-11-10-24-26-18-13(11)9-16(27-31(29,30)20(4-5-20)6-7-28)19(17(18)23)25-15-3-2-12(21)8-14(15)22/h2-3,8-10,24-28H,4-7H2,1H3. The van der Waals surface area contributed by atoms with Crippen LogP contribution in [0.2, 0.25) is 10.0 Å². The third-order valence-corrected chi connectivity index (χ3v) is 8.35. The molecule has 0 atom stereocenters. The first-order chi connectivity index (χ1) is 14.7. The summed E-state index contributed by atoms with van der Waals surface area (Å²) in [6.45, 7) is 1.53. The van der Waals surface area contributed by atoms with Crippen molar-refractivity contribution in [2.45, 2.75) is 30.9 Å². The van der Waals surface area contributed by atoms with Crippen molar-refractivity contribution in [1.29, 1.82) is 0 Å². The van der Waals surface area contributed by atoms with Crippen LogP contribution in [0, 0.1) is 5.82 Å². The van der Waals surface area contributed by atoms with Gasteiger partial charge in [-0.15, -0.1) is 0 Å². The number of anilines is 4. The Labute approximate surface area is 189 Å². The lowest BCUT2D eigenvalue weighted by Gasteiger charge is -2.25. The Balaban J connectivity index is 1.82. The maximum atomic E-state index is 15.6. The van der Waals surface area contributed by atoms with Crippen LogP contribution in [0.1, 0.15) is 31.7 Å². The zero-order valence-corrected chi connectivity index (χ0v) is 18.8. The van der Waals surface area contributed by atoms with Crippen molar-refractivity contribution in [2.24, 2.45) is 0 Å². The van der Waals surface area contributed by atoms with Gasteiger partial charge in [-0.3, -0.25) is 10.1 Å². The number of aliphatic hydroxyl groups is 1. The summed E-state index contributed by atoms with van der Waals surface area (Å²) in [6, 6.07) is 6.23. The van der Waals surface area contributed by atoms with E-state index in [1.807, 2.05) is 0 Å². The average Bonchev–Trinajstić information content (AvgIpc) is 3.49. The highest BCUT2D eigenvalue weighted by molar-refractivity contribution is 7.94. The molecular weight excluding hydrogens is 466 g/mol. The van der Waals surface area contributed by atoms with Crippen LogP contribution < -0.4 is 20.9 Å². The van der Waals surface area contributed by atoms with Crippen molar-refractivity contribution < 1.29 is 17.9 Å². The first kappa shape index (κ1) is 22.0. The fraction of sp³-hybridized carbons (Fsp3) is 0.300. The minimum atomic E-state index is -3.88. The molecule has 0 unspecified atom stereocenters. The smallest absolute Gasteiger partial charge is 0.238 e. The molecule has 0 amide bonds. The number of benzene rings is 2. The number of sulfonamides is 1. The second-order valence-corrected chi connectivity index (χ2v) is 10.6. The Morgan fingerprint density at radius 2 is 1.97 bits per heavy atom. The van der Waals surface area contributed by atoms with Crippen molar-refractivity contribution in [3.05, 3.63) is 51.9 Å². The average molecular weight is 487 g/mol. The lowest BCUT2D eigenvalue weighted by atomic mass is 10.0. The number of nitrogens with one attached hydrogen (secondary N) is 4. The molecule has 1 aliphatic carbocycles. The highest BCUT2D eigenvalue weighted by Crippen LogP contribution is 2.48. The molecule has 5 N–H and O–H groups in total. The number of halogens is 3. The van der Waals surface area contributed by atoms with E-state index in [1.165, 1.54) is 6.07 Å². The molecule has 2 aliphatic rings. The van der Waals surface area contributed by atoms with E-state index in [-0.39, 0.29) is 35.1 Å². The summed E-state index contributed by atoms with van der Waals surface area (Å²) in [5.41, 5.74) is 7.25. The van der Waals surface area contributed by atoms with Gasteiger partial charge < -0.3 is 15.8 Å². The Kier molecular flexibility index (Phi) is 5.72. The van der Waals surface area contributed by atoms with Gasteiger partial charge in [0.15, 0.2) is 5.82 Å². The fourth-order valence-electron chi connectivity index (χ4n) is 3.56. The Bertz CT molecular complexity index is 1180. The zero-order valence-electron chi connectivity index (χ0n) is 16.5. The van der Waals surface area contributed by atoms with Crippen molar-refractivity contribution in [1.82, 2.24) is 5.43 Å². The summed E-state index contributed by atoms with van der Waals surface area (Å²) >= 11 is 12.2. The number of rotatable bonds is 7. The van der Waals surface area contributed by atoms with Gasteiger partial charge in [0, 0.05) is 23.4 Å². The molecule has 1 fully saturated rings. The van der Waals surface area contributed by atoms with Gasteiger partial charge in [-0.05, 0) is 56.0 Å². The van der Waals surface area contributed by atoms with Crippen LogP contribution in [0.25, 0.3) is 5.57 Å². The van der Waals surface area contributed by atoms with Gasteiger partial charge in [-0.2, -0.15) is 0 Å². The molecule has 1 aliphatic heterocycles. The lowest BCUT2D eigenvalue weighted by molar-refractivity contribution is 0.283. The molecule has 2 aromatic rings. The van der Waals surface area contributed by atoms with Crippen LogP contribution in [-0.4, -0.2) is 24.9 Å². The lowest BCUT2D eigenvalue weighted by Crippen LogP contribution is -2.31. The molecule has 31 heavy (non-hydrogen) atoms. The van der Waals surface area contributed by atoms with Crippen LogP contribution >= 0.6 is 23.2 Å². The Hall–Kier alpha value is -2.20. The summed E-state index contributed by atoms with van der Waals surface area (Å²) in [5, 5.41) is 12.9. The highest BCUT2D eigenvalue weighted by atomic mass is 35.5. The van der Waals surface area contributed by atoms with Crippen molar-refractivity contribution in [3.8, 4) is 0 Å². The quantitative estimate of drug-likeness (QED) is 0.384. The molecule has 0 spiro atoms. The van der Waals surface area contributed by atoms with Crippen LogP contribution in [0.5, 0.6) is 0 Å². The van der Waals surface area contributed by atoms with Gasteiger partial charge in [0.1, 0.15) is 5.69 Å². The van der Waals surface area contributed by atoms with Gasteiger partial charge in [-0.1, -0.05) is 23.2 Å². The van der Waals surface area contributed by atoms with E-state index < -0.39 is 20.6 Å². The van der Waals surface area contributed by atoms with Gasteiger partial charge in [-0.25, -0.2) is 12.8 Å². The summed E-state index contributed by atoms with van der Waals surface area (Å²) in [6.07, 6.45) is 2.64. The summed E-state index contributed by atoms with van der Waals surface area (Å²) in [4.78, 5) is 0. The topological polar surface area (TPSA) is 102 Å². The monoisotopic (exact) mass is 486 g/mol. The van der Waals surface area contributed by atoms with E-state index in [9.17, 15) is 13.5 Å². The number of fused-ring (bicyclic) bond motifs is 1. The van der Waals surface area contributed by atoms with Crippen LogP contribution in [-0.2, 0) is 10.0 Å². The summed E-state index contributed by atoms with van der Waals surface area (Å²) in [5.74, 6) is -0.687.